The van der Waals surface area contributed by atoms with E-state index in [9.17, 15) is 9.18 Å². The average molecular weight is 232 g/mol. The van der Waals surface area contributed by atoms with Crippen molar-refractivity contribution >= 4 is 6.29 Å². The van der Waals surface area contributed by atoms with Crippen LogP contribution in [0.15, 0.2) is 18.2 Å². The summed E-state index contributed by atoms with van der Waals surface area (Å²) in [6.07, 6.45) is 0.705. The molecule has 1 aliphatic heterocycles. The van der Waals surface area contributed by atoms with E-state index in [0.717, 1.165) is 16.8 Å². The Balaban J connectivity index is 2.29. The highest BCUT2D eigenvalue weighted by Crippen LogP contribution is 2.38. The van der Waals surface area contributed by atoms with Gasteiger partial charge in [-0.05, 0) is 12.1 Å². The molecular formula is C12H9FN2O2. The van der Waals surface area contributed by atoms with Gasteiger partial charge in [-0.25, -0.2) is 4.39 Å². The maximum absolute atomic E-state index is 13.1. The molecule has 0 aliphatic carbocycles. The molecule has 0 spiro atoms. The van der Waals surface area contributed by atoms with Crippen molar-refractivity contribution in [3.63, 3.8) is 0 Å². The number of carbonyl (C=O) groups excluding carboxylic acids is 1. The Morgan fingerprint density at radius 1 is 1.53 bits per heavy atom. The van der Waals surface area contributed by atoms with E-state index in [-0.39, 0.29) is 12.4 Å². The summed E-state index contributed by atoms with van der Waals surface area (Å²) in [6, 6.07) is 4.34. The van der Waals surface area contributed by atoms with Crippen LogP contribution in [0.4, 0.5) is 4.39 Å². The number of hydrogen-bond donors (Lipinski definition) is 0. The smallest absolute Gasteiger partial charge is 0.170 e. The maximum Gasteiger partial charge on any atom is 0.170 e. The van der Waals surface area contributed by atoms with Gasteiger partial charge in [0.2, 0.25) is 0 Å². The fourth-order valence-corrected chi connectivity index (χ4v) is 2.12. The van der Waals surface area contributed by atoms with Crippen LogP contribution in [0.25, 0.3) is 11.3 Å². The first kappa shape index (κ1) is 10.0. The summed E-state index contributed by atoms with van der Waals surface area (Å²) in [5.74, 6) is 0.142. The summed E-state index contributed by atoms with van der Waals surface area (Å²) in [5, 5.41) is 4.11. The van der Waals surface area contributed by atoms with Crippen molar-refractivity contribution in [2.24, 2.45) is 7.05 Å². The minimum Gasteiger partial charge on any atom is -0.488 e. The molecule has 0 saturated carbocycles. The molecule has 0 fully saturated rings. The predicted octanol–water partition coefficient (Wildman–Crippen LogP) is 1.93. The molecule has 1 aliphatic rings. The second kappa shape index (κ2) is 3.41. The van der Waals surface area contributed by atoms with E-state index in [1.807, 2.05) is 0 Å². The van der Waals surface area contributed by atoms with Crippen LogP contribution in [0.1, 0.15) is 16.1 Å². The van der Waals surface area contributed by atoms with Crippen LogP contribution in [-0.2, 0) is 13.7 Å². The lowest BCUT2D eigenvalue weighted by Gasteiger charge is -2.18. The second-order valence-corrected chi connectivity index (χ2v) is 3.88. The maximum atomic E-state index is 13.1. The first-order valence-electron chi connectivity index (χ1n) is 5.14. The summed E-state index contributed by atoms with van der Waals surface area (Å²) in [4.78, 5) is 10.9. The molecule has 0 saturated heterocycles. The molecule has 0 atom stereocenters. The van der Waals surface area contributed by atoms with Gasteiger partial charge in [0.25, 0.3) is 0 Å². The van der Waals surface area contributed by atoms with Gasteiger partial charge in [-0.3, -0.25) is 9.48 Å². The van der Waals surface area contributed by atoms with Crippen LogP contribution in [-0.4, -0.2) is 16.1 Å². The third-order valence-corrected chi connectivity index (χ3v) is 2.86. The van der Waals surface area contributed by atoms with Crippen LogP contribution >= 0.6 is 0 Å². The molecular weight excluding hydrogens is 223 g/mol. The van der Waals surface area contributed by atoms with E-state index in [0.29, 0.717) is 17.7 Å². The van der Waals surface area contributed by atoms with Crippen molar-refractivity contribution in [1.29, 1.82) is 0 Å². The van der Waals surface area contributed by atoms with Gasteiger partial charge in [-0.15, -0.1) is 0 Å². The topological polar surface area (TPSA) is 44.1 Å². The highest BCUT2D eigenvalue weighted by atomic mass is 19.1. The molecule has 0 N–H and O–H groups in total. The molecule has 3 rings (SSSR count). The molecule has 2 heterocycles. The Hall–Kier alpha value is -2.17. The Labute approximate surface area is 96.6 Å². The van der Waals surface area contributed by atoms with Crippen molar-refractivity contribution in [3.05, 3.63) is 35.3 Å². The lowest BCUT2D eigenvalue weighted by Crippen LogP contribution is -2.07. The number of rotatable bonds is 1. The first-order chi connectivity index (χ1) is 8.20. The number of aromatic nitrogens is 2. The monoisotopic (exact) mass is 232 g/mol. The van der Waals surface area contributed by atoms with Crippen molar-refractivity contribution in [2.75, 3.05) is 0 Å². The SMILES string of the molecule is Cn1nc(C=O)c2c1-c1ccc(F)cc1OC2. The van der Waals surface area contributed by atoms with Crippen LogP contribution in [0.5, 0.6) is 5.75 Å². The molecule has 4 nitrogen and oxygen atoms in total. The zero-order valence-corrected chi connectivity index (χ0v) is 9.11. The van der Waals surface area contributed by atoms with Crippen LogP contribution in [0, 0.1) is 5.82 Å². The van der Waals surface area contributed by atoms with Crippen LogP contribution < -0.4 is 4.74 Å². The Kier molecular flexibility index (Phi) is 2.01. The molecule has 17 heavy (non-hydrogen) atoms. The van der Waals surface area contributed by atoms with Gasteiger partial charge < -0.3 is 4.74 Å². The highest BCUT2D eigenvalue weighted by Gasteiger charge is 2.25. The van der Waals surface area contributed by atoms with Crippen molar-refractivity contribution < 1.29 is 13.9 Å². The Morgan fingerprint density at radius 3 is 3.12 bits per heavy atom. The first-order valence-corrected chi connectivity index (χ1v) is 5.14. The van der Waals surface area contributed by atoms with Crippen molar-refractivity contribution in [3.8, 4) is 17.0 Å². The van der Waals surface area contributed by atoms with Gasteiger partial charge in [0, 0.05) is 24.2 Å². The van der Waals surface area contributed by atoms with E-state index in [2.05, 4.69) is 5.10 Å². The normalized spacial score (nSPS) is 12.6. The lowest BCUT2D eigenvalue weighted by atomic mass is 10.0. The zero-order chi connectivity index (χ0) is 12.0. The minimum atomic E-state index is -0.343. The number of benzene rings is 1. The van der Waals surface area contributed by atoms with Crippen molar-refractivity contribution in [1.82, 2.24) is 9.78 Å². The number of aldehydes is 1. The summed E-state index contributed by atoms with van der Waals surface area (Å²) in [5.41, 5.74) is 2.70. The molecule has 1 aromatic carbocycles. The molecule has 0 amide bonds. The molecule has 86 valence electrons. The Morgan fingerprint density at radius 2 is 2.35 bits per heavy atom. The average Bonchev–Trinajstić information content (AvgIpc) is 2.66. The summed E-state index contributed by atoms with van der Waals surface area (Å²) in [6.45, 7) is 0.244. The van der Waals surface area contributed by atoms with Gasteiger partial charge in [-0.1, -0.05) is 0 Å². The van der Waals surface area contributed by atoms with Gasteiger partial charge in [0.05, 0.1) is 5.69 Å². The minimum absolute atomic E-state index is 0.244. The molecule has 1 aromatic heterocycles. The van der Waals surface area contributed by atoms with E-state index < -0.39 is 0 Å². The number of carbonyl (C=O) groups is 1. The molecule has 2 aromatic rings. The number of fused-ring (bicyclic) bond motifs is 3. The van der Waals surface area contributed by atoms with Gasteiger partial charge in [0.15, 0.2) is 6.29 Å². The summed E-state index contributed by atoms with van der Waals surface area (Å²) in [7, 11) is 1.75. The standard InChI is InChI=1S/C12H9FN2O2/c1-15-12-8-3-2-7(13)4-11(8)17-6-9(12)10(5-16)14-15/h2-5H,6H2,1H3. The second-order valence-electron chi connectivity index (χ2n) is 3.88. The number of halogens is 1. The van der Waals surface area contributed by atoms with E-state index in [1.165, 1.54) is 12.1 Å². The number of ether oxygens (including phenoxy) is 1. The molecule has 0 unspecified atom stereocenters. The third kappa shape index (κ3) is 1.35. The lowest BCUT2D eigenvalue weighted by molar-refractivity contribution is 0.111. The van der Waals surface area contributed by atoms with Gasteiger partial charge in [-0.2, -0.15) is 5.10 Å². The van der Waals surface area contributed by atoms with Crippen LogP contribution in [0.3, 0.4) is 0 Å². The highest BCUT2D eigenvalue weighted by molar-refractivity contribution is 5.82. The summed E-state index contributed by atoms with van der Waals surface area (Å²) >= 11 is 0. The quantitative estimate of drug-likeness (QED) is 0.706. The van der Waals surface area contributed by atoms with Crippen molar-refractivity contribution in [2.45, 2.75) is 6.61 Å². The fourth-order valence-electron chi connectivity index (χ4n) is 2.12. The van der Waals surface area contributed by atoms with Crippen LogP contribution in [0.2, 0.25) is 0 Å². The molecule has 0 radical (unpaired) electrons. The van der Waals surface area contributed by atoms with Gasteiger partial charge in [0.1, 0.15) is 23.9 Å². The number of nitrogens with zero attached hydrogens (tertiary/aromatic N) is 2. The largest absolute Gasteiger partial charge is 0.488 e. The Bertz CT molecular complexity index is 619. The third-order valence-electron chi connectivity index (χ3n) is 2.86. The van der Waals surface area contributed by atoms with E-state index >= 15 is 0 Å². The number of aryl methyl sites for hydroxylation is 1. The molecule has 0 bridgehead atoms. The zero-order valence-electron chi connectivity index (χ0n) is 9.11. The van der Waals surface area contributed by atoms with Gasteiger partial charge >= 0.3 is 0 Å². The molecule has 5 heteroatoms. The predicted molar refractivity (Wildman–Crippen MR) is 58.3 cm³/mol. The van der Waals surface area contributed by atoms with E-state index in [4.69, 9.17) is 4.74 Å². The van der Waals surface area contributed by atoms with E-state index in [1.54, 1.807) is 17.8 Å². The number of hydrogen-bond acceptors (Lipinski definition) is 3. The summed E-state index contributed by atoms with van der Waals surface area (Å²) < 4.78 is 20.1. The fraction of sp³-hybridized carbons (Fsp3) is 0.167.